The minimum atomic E-state index is -1.03. The molecule has 0 bridgehead atoms. The molecule has 8 heteroatoms. The molecule has 0 amide bonds. The molecule has 0 fully saturated rings. The average Bonchev–Trinajstić information content (AvgIpc) is 2.65. The Bertz CT molecular complexity index is 499. The molecule has 0 aromatic carbocycles. The molecule has 0 aromatic heterocycles. The first-order valence-corrected chi connectivity index (χ1v) is 8.11. The maximum Gasteiger partial charge on any atom is 0.302 e. The predicted octanol–water partition coefficient (Wildman–Crippen LogP) is 0.851. The van der Waals surface area contributed by atoms with Crippen molar-refractivity contribution in [2.75, 3.05) is 46.2 Å². The number of ether oxygens (including phenoxy) is 4. The lowest BCUT2D eigenvalue weighted by atomic mass is 9.92. The van der Waals surface area contributed by atoms with E-state index in [1.807, 2.05) is 0 Å². The van der Waals surface area contributed by atoms with Crippen molar-refractivity contribution in [3.8, 4) is 0 Å². The third kappa shape index (κ3) is 11.7. The Morgan fingerprint density at radius 3 is 1.30 bits per heavy atom. The fraction of sp³-hybridized carbons (Fsp3) is 0.474. The van der Waals surface area contributed by atoms with Crippen molar-refractivity contribution in [2.24, 2.45) is 5.41 Å². The molecule has 150 valence electrons. The molecule has 0 saturated carbocycles. The summed E-state index contributed by atoms with van der Waals surface area (Å²) in [5.74, 6) is -1.53. The van der Waals surface area contributed by atoms with Crippen LogP contribution in [0, 0.1) is 5.41 Å². The summed E-state index contributed by atoms with van der Waals surface area (Å²) in [6.07, 6.45) is 3.35. The van der Waals surface area contributed by atoms with E-state index in [1.165, 1.54) is 6.92 Å². The van der Waals surface area contributed by atoms with Crippen LogP contribution in [0.15, 0.2) is 38.0 Å². The quantitative estimate of drug-likeness (QED) is 0.269. The normalized spacial score (nSPS) is 10.7. The van der Waals surface area contributed by atoms with Crippen molar-refractivity contribution < 1.29 is 38.1 Å². The van der Waals surface area contributed by atoms with Crippen molar-refractivity contribution in [3.63, 3.8) is 0 Å². The van der Waals surface area contributed by atoms with Gasteiger partial charge in [0.2, 0.25) is 0 Å². The minimum absolute atomic E-state index is 0.0789. The number of carbonyl (C=O) groups is 4. The van der Waals surface area contributed by atoms with Crippen LogP contribution in [0.25, 0.3) is 0 Å². The summed E-state index contributed by atoms with van der Waals surface area (Å²) in [7, 11) is 0. The number of ketones is 3. The largest absolute Gasteiger partial charge is 0.465 e. The second-order valence-electron chi connectivity index (χ2n) is 5.77. The van der Waals surface area contributed by atoms with Crippen molar-refractivity contribution in [3.05, 3.63) is 38.0 Å². The van der Waals surface area contributed by atoms with Crippen LogP contribution in [0.4, 0.5) is 0 Å². The molecule has 0 spiro atoms. The van der Waals surface area contributed by atoms with E-state index >= 15 is 0 Å². The highest BCUT2D eigenvalue weighted by Crippen LogP contribution is 2.21. The lowest BCUT2D eigenvalue weighted by molar-refractivity contribution is -0.156. The maximum atomic E-state index is 11.3. The highest BCUT2D eigenvalue weighted by molar-refractivity contribution is 5.90. The van der Waals surface area contributed by atoms with Crippen LogP contribution < -0.4 is 0 Å². The summed E-state index contributed by atoms with van der Waals surface area (Å²) in [4.78, 5) is 45.3. The Morgan fingerprint density at radius 1 is 0.704 bits per heavy atom. The summed E-state index contributed by atoms with van der Waals surface area (Å²) < 4.78 is 21.2. The van der Waals surface area contributed by atoms with Crippen LogP contribution in [0.3, 0.4) is 0 Å². The van der Waals surface area contributed by atoms with Gasteiger partial charge in [-0.3, -0.25) is 19.2 Å². The summed E-state index contributed by atoms with van der Waals surface area (Å²) in [6, 6.07) is 0. The zero-order chi connectivity index (χ0) is 20.7. The van der Waals surface area contributed by atoms with Gasteiger partial charge in [-0.1, -0.05) is 19.7 Å². The molecule has 0 aliphatic rings. The molecule has 0 unspecified atom stereocenters. The van der Waals surface area contributed by atoms with Crippen LogP contribution in [0.1, 0.15) is 6.92 Å². The first-order valence-electron chi connectivity index (χ1n) is 8.11. The van der Waals surface area contributed by atoms with E-state index in [1.54, 1.807) is 0 Å². The molecule has 0 aliphatic carbocycles. The van der Waals surface area contributed by atoms with Crippen molar-refractivity contribution in [2.45, 2.75) is 6.92 Å². The fourth-order valence-corrected chi connectivity index (χ4v) is 1.79. The van der Waals surface area contributed by atoms with Crippen LogP contribution in [0.5, 0.6) is 0 Å². The molecule has 0 aliphatic heterocycles. The lowest BCUT2D eigenvalue weighted by Crippen LogP contribution is -2.43. The Kier molecular flexibility index (Phi) is 12.5. The molecule has 0 N–H and O–H groups in total. The Labute approximate surface area is 158 Å². The zero-order valence-electron chi connectivity index (χ0n) is 15.6. The predicted molar refractivity (Wildman–Crippen MR) is 97.1 cm³/mol. The number of esters is 1. The van der Waals surface area contributed by atoms with E-state index in [0.29, 0.717) is 0 Å². The molecule has 0 saturated heterocycles. The van der Waals surface area contributed by atoms with Crippen LogP contribution in [0.2, 0.25) is 0 Å². The van der Waals surface area contributed by atoms with Crippen molar-refractivity contribution in [1.29, 1.82) is 0 Å². The van der Waals surface area contributed by atoms with Gasteiger partial charge in [-0.15, -0.1) is 0 Å². The first kappa shape index (κ1) is 24.6. The van der Waals surface area contributed by atoms with Gasteiger partial charge < -0.3 is 18.9 Å². The Hall–Kier alpha value is -2.42. The molecule has 0 aromatic rings. The van der Waals surface area contributed by atoms with Gasteiger partial charge in [0.25, 0.3) is 0 Å². The molecular weight excluding hydrogens is 356 g/mol. The molecule has 0 rings (SSSR count). The van der Waals surface area contributed by atoms with E-state index in [4.69, 9.17) is 18.9 Å². The molecule has 27 heavy (non-hydrogen) atoms. The van der Waals surface area contributed by atoms with Gasteiger partial charge in [0, 0.05) is 6.92 Å². The van der Waals surface area contributed by atoms with E-state index < -0.39 is 11.4 Å². The third-order valence-corrected chi connectivity index (χ3v) is 3.22. The number of rotatable bonds is 17. The number of hydrogen-bond acceptors (Lipinski definition) is 8. The van der Waals surface area contributed by atoms with Gasteiger partial charge in [-0.25, -0.2) is 0 Å². The lowest BCUT2D eigenvalue weighted by Gasteiger charge is -2.32. The van der Waals surface area contributed by atoms with Crippen LogP contribution in [-0.2, 0) is 38.1 Å². The summed E-state index contributed by atoms with van der Waals surface area (Å²) in [6.45, 7) is 10.2. The van der Waals surface area contributed by atoms with E-state index in [-0.39, 0.29) is 63.6 Å². The monoisotopic (exact) mass is 382 g/mol. The second-order valence-corrected chi connectivity index (χ2v) is 5.77. The Balaban J connectivity index is 5.14. The van der Waals surface area contributed by atoms with Gasteiger partial charge in [-0.05, 0) is 18.2 Å². The van der Waals surface area contributed by atoms with E-state index in [2.05, 4.69) is 19.7 Å². The van der Waals surface area contributed by atoms with E-state index in [0.717, 1.165) is 18.2 Å². The van der Waals surface area contributed by atoms with Crippen LogP contribution in [-0.4, -0.2) is 69.6 Å². The van der Waals surface area contributed by atoms with Crippen molar-refractivity contribution >= 4 is 23.3 Å². The maximum absolute atomic E-state index is 11.3. The topological polar surface area (TPSA) is 105 Å². The first-order chi connectivity index (χ1) is 12.8. The van der Waals surface area contributed by atoms with Gasteiger partial charge >= 0.3 is 5.97 Å². The SMILES string of the molecule is C=CC(=O)COCC(COCC(=O)C=C)(COCC(=O)C=C)COC(C)=O. The molecule has 8 nitrogen and oxygen atoms in total. The van der Waals surface area contributed by atoms with Gasteiger partial charge in [0.1, 0.15) is 26.4 Å². The van der Waals surface area contributed by atoms with Crippen LogP contribution >= 0.6 is 0 Å². The average molecular weight is 382 g/mol. The molecule has 0 atom stereocenters. The van der Waals surface area contributed by atoms with Crippen molar-refractivity contribution in [1.82, 2.24) is 0 Å². The standard InChI is InChI=1S/C19H26O8/c1-5-16(21)8-24-11-19(14-27-15(4)20,12-25-9-17(22)6-2)13-26-10-18(23)7-3/h5-7H,1-3,8-14H2,4H3. The summed E-state index contributed by atoms with van der Waals surface area (Å²) >= 11 is 0. The molecule has 0 radical (unpaired) electrons. The van der Waals surface area contributed by atoms with Gasteiger partial charge in [-0.2, -0.15) is 0 Å². The number of hydrogen-bond donors (Lipinski definition) is 0. The smallest absolute Gasteiger partial charge is 0.302 e. The zero-order valence-corrected chi connectivity index (χ0v) is 15.6. The minimum Gasteiger partial charge on any atom is -0.465 e. The number of carbonyl (C=O) groups excluding carboxylic acids is 4. The third-order valence-electron chi connectivity index (χ3n) is 3.22. The summed E-state index contributed by atoms with van der Waals surface area (Å²) in [5.41, 5.74) is -1.03. The molecule has 0 heterocycles. The molecular formula is C19H26O8. The Morgan fingerprint density at radius 2 is 1.04 bits per heavy atom. The highest BCUT2D eigenvalue weighted by atomic mass is 16.5. The highest BCUT2D eigenvalue weighted by Gasteiger charge is 2.34. The second kappa shape index (κ2) is 13.7. The summed E-state index contributed by atoms with van der Waals surface area (Å²) in [5, 5.41) is 0. The fourth-order valence-electron chi connectivity index (χ4n) is 1.79. The van der Waals surface area contributed by atoms with E-state index in [9.17, 15) is 19.2 Å². The van der Waals surface area contributed by atoms with Gasteiger partial charge in [0.15, 0.2) is 17.3 Å². The van der Waals surface area contributed by atoms with Gasteiger partial charge in [0.05, 0.1) is 25.2 Å².